The van der Waals surface area contributed by atoms with Gasteiger partial charge in [-0.05, 0) is 33.6 Å². The summed E-state index contributed by atoms with van der Waals surface area (Å²) < 4.78 is 5.40. The average molecular weight is 269 g/mol. The van der Waals surface area contributed by atoms with Crippen molar-refractivity contribution in [3.63, 3.8) is 0 Å². The van der Waals surface area contributed by atoms with Crippen LogP contribution in [-0.2, 0) is 4.74 Å². The number of amides is 1. The van der Waals surface area contributed by atoms with Crippen LogP contribution < -0.4 is 5.73 Å². The Labute approximate surface area is 116 Å². The van der Waals surface area contributed by atoms with Crippen molar-refractivity contribution in [2.75, 3.05) is 26.2 Å². The van der Waals surface area contributed by atoms with E-state index in [1.807, 2.05) is 25.7 Å². The molecule has 2 atom stereocenters. The van der Waals surface area contributed by atoms with Crippen molar-refractivity contribution in [2.24, 2.45) is 5.73 Å². The molecule has 1 amide bonds. The monoisotopic (exact) mass is 269 g/mol. The lowest BCUT2D eigenvalue weighted by Crippen LogP contribution is -2.55. The molecular weight excluding hydrogens is 242 g/mol. The number of rotatable bonds is 1. The zero-order valence-electron chi connectivity index (χ0n) is 12.4. The van der Waals surface area contributed by atoms with E-state index in [1.165, 1.54) is 12.8 Å². The van der Waals surface area contributed by atoms with E-state index in [2.05, 4.69) is 4.90 Å². The van der Waals surface area contributed by atoms with E-state index < -0.39 is 5.60 Å². The fourth-order valence-corrected chi connectivity index (χ4v) is 2.99. The lowest BCUT2D eigenvalue weighted by Gasteiger charge is -2.39. The van der Waals surface area contributed by atoms with Gasteiger partial charge in [0.1, 0.15) is 5.60 Å². The molecule has 2 N–H and O–H groups in total. The lowest BCUT2D eigenvalue weighted by atomic mass is 10.1. The van der Waals surface area contributed by atoms with Crippen LogP contribution in [0.15, 0.2) is 0 Å². The molecule has 0 unspecified atom stereocenters. The molecule has 1 saturated carbocycles. The minimum atomic E-state index is -0.415. The number of nitrogens with two attached hydrogens (primary N) is 1. The van der Waals surface area contributed by atoms with Gasteiger partial charge >= 0.3 is 6.09 Å². The molecule has 19 heavy (non-hydrogen) atoms. The molecule has 0 spiro atoms. The minimum Gasteiger partial charge on any atom is -0.444 e. The van der Waals surface area contributed by atoms with Crippen LogP contribution in [0.3, 0.4) is 0 Å². The summed E-state index contributed by atoms with van der Waals surface area (Å²) in [6, 6.07) is 0.828. The second-order valence-electron chi connectivity index (χ2n) is 6.67. The van der Waals surface area contributed by atoms with Crippen molar-refractivity contribution < 1.29 is 9.53 Å². The number of carbonyl (C=O) groups excluding carboxylic acids is 1. The second kappa shape index (κ2) is 5.67. The van der Waals surface area contributed by atoms with Crippen molar-refractivity contribution in [1.82, 2.24) is 9.80 Å². The van der Waals surface area contributed by atoms with Gasteiger partial charge in [-0.25, -0.2) is 4.79 Å². The molecule has 0 radical (unpaired) electrons. The van der Waals surface area contributed by atoms with Crippen LogP contribution in [-0.4, -0.2) is 59.8 Å². The van der Waals surface area contributed by atoms with Gasteiger partial charge in [0.05, 0.1) is 0 Å². The highest BCUT2D eigenvalue weighted by atomic mass is 16.6. The molecule has 5 heteroatoms. The largest absolute Gasteiger partial charge is 0.444 e. The SMILES string of the molecule is CC(C)(C)OC(=O)N1CCN([C@H]2CCC[C@H]2N)CC1. The normalized spacial score (nSPS) is 29.6. The van der Waals surface area contributed by atoms with Crippen molar-refractivity contribution in [1.29, 1.82) is 0 Å². The molecule has 0 aromatic heterocycles. The summed E-state index contributed by atoms with van der Waals surface area (Å²) in [6.45, 7) is 9.03. The summed E-state index contributed by atoms with van der Waals surface area (Å²) in [5, 5.41) is 0. The highest BCUT2D eigenvalue weighted by Gasteiger charge is 2.33. The third kappa shape index (κ3) is 3.83. The first-order valence-electron chi connectivity index (χ1n) is 7.34. The molecule has 1 heterocycles. The molecule has 0 bridgehead atoms. The third-order valence-corrected chi connectivity index (χ3v) is 3.97. The van der Waals surface area contributed by atoms with Crippen LogP contribution in [0.25, 0.3) is 0 Å². The first-order chi connectivity index (χ1) is 8.87. The van der Waals surface area contributed by atoms with E-state index in [1.54, 1.807) is 0 Å². The number of hydrogen-bond donors (Lipinski definition) is 1. The van der Waals surface area contributed by atoms with Gasteiger partial charge in [-0.2, -0.15) is 0 Å². The summed E-state index contributed by atoms with van der Waals surface area (Å²) in [6.07, 6.45) is 3.38. The Morgan fingerprint density at radius 1 is 1.16 bits per heavy atom. The Bertz CT molecular complexity index is 319. The molecular formula is C14H27N3O2. The van der Waals surface area contributed by atoms with Crippen LogP contribution in [0, 0.1) is 0 Å². The van der Waals surface area contributed by atoms with Gasteiger partial charge in [-0.15, -0.1) is 0 Å². The van der Waals surface area contributed by atoms with E-state index in [9.17, 15) is 4.79 Å². The molecule has 110 valence electrons. The number of carbonyl (C=O) groups is 1. The molecule has 2 aliphatic rings. The van der Waals surface area contributed by atoms with Gasteiger partial charge < -0.3 is 15.4 Å². The maximum Gasteiger partial charge on any atom is 0.410 e. The summed E-state index contributed by atoms with van der Waals surface area (Å²) >= 11 is 0. The Hall–Kier alpha value is -0.810. The summed E-state index contributed by atoms with van der Waals surface area (Å²) in [4.78, 5) is 16.2. The van der Waals surface area contributed by atoms with Gasteiger partial charge in [-0.3, -0.25) is 4.90 Å². The van der Waals surface area contributed by atoms with E-state index in [4.69, 9.17) is 10.5 Å². The third-order valence-electron chi connectivity index (χ3n) is 3.97. The zero-order valence-corrected chi connectivity index (χ0v) is 12.4. The molecule has 1 aliphatic carbocycles. The fraction of sp³-hybridized carbons (Fsp3) is 0.929. The standard InChI is InChI=1S/C14H27N3O2/c1-14(2,3)19-13(18)17-9-7-16(8-10-17)12-6-4-5-11(12)15/h11-12H,4-10,15H2,1-3H3/t11-,12+/m1/s1. The van der Waals surface area contributed by atoms with E-state index in [-0.39, 0.29) is 6.09 Å². The first-order valence-corrected chi connectivity index (χ1v) is 7.34. The summed E-state index contributed by atoms with van der Waals surface area (Å²) in [5.74, 6) is 0. The number of nitrogens with zero attached hydrogens (tertiary/aromatic N) is 2. The molecule has 1 aliphatic heterocycles. The van der Waals surface area contributed by atoms with Gasteiger partial charge in [0.15, 0.2) is 0 Å². The number of piperazine rings is 1. The van der Waals surface area contributed by atoms with Gasteiger partial charge in [-0.1, -0.05) is 6.42 Å². The van der Waals surface area contributed by atoms with Crippen molar-refractivity contribution in [3.8, 4) is 0 Å². The lowest BCUT2D eigenvalue weighted by molar-refractivity contribution is 0.00994. The van der Waals surface area contributed by atoms with E-state index in [0.29, 0.717) is 12.1 Å². The van der Waals surface area contributed by atoms with Gasteiger partial charge in [0.2, 0.25) is 0 Å². The van der Waals surface area contributed by atoms with Gasteiger partial charge in [0, 0.05) is 38.3 Å². The quantitative estimate of drug-likeness (QED) is 0.782. The zero-order chi connectivity index (χ0) is 14.0. The Balaban J connectivity index is 1.80. The van der Waals surface area contributed by atoms with Crippen molar-refractivity contribution >= 4 is 6.09 Å². The minimum absolute atomic E-state index is 0.192. The number of ether oxygens (including phenoxy) is 1. The Kier molecular flexibility index (Phi) is 4.36. The molecule has 5 nitrogen and oxygen atoms in total. The number of hydrogen-bond acceptors (Lipinski definition) is 4. The molecule has 0 aromatic carbocycles. The Morgan fingerprint density at radius 3 is 2.26 bits per heavy atom. The van der Waals surface area contributed by atoms with Gasteiger partial charge in [0.25, 0.3) is 0 Å². The first kappa shape index (κ1) is 14.6. The Morgan fingerprint density at radius 2 is 1.79 bits per heavy atom. The highest BCUT2D eigenvalue weighted by Crippen LogP contribution is 2.24. The van der Waals surface area contributed by atoms with Crippen molar-refractivity contribution in [3.05, 3.63) is 0 Å². The van der Waals surface area contributed by atoms with Crippen LogP contribution in [0.5, 0.6) is 0 Å². The van der Waals surface area contributed by atoms with E-state index in [0.717, 1.165) is 32.6 Å². The van der Waals surface area contributed by atoms with Crippen molar-refractivity contribution in [2.45, 2.75) is 57.7 Å². The second-order valence-corrected chi connectivity index (χ2v) is 6.67. The predicted molar refractivity (Wildman–Crippen MR) is 75.0 cm³/mol. The maximum absolute atomic E-state index is 12.0. The smallest absolute Gasteiger partial charge is 0.410 e. The maximum atomic E-state index is 12.0. The summed E-state index contributed by atoms with van der Waals surface area (Å²) in [5.41, 5.74) is 5.73. The topological polar surface area (TPSA) is 58.8 Å². The molecule has 0 aromatic rings. The van der Waals surface area contributed by atoms with E-state index >= 15 is 0 Å². The molecule has 1 saturated heterocycles. The highest BCUT2D eigenvalue weighted by molar-refractivity contribution is 5.68. The fourth-order valence-electron chi connectivity index (χ4n) is 2.99. The van der Waals surface area contributed by atoms with Crippen LogP contribution in [0.1, 0.15) is 40.0 Å². The predicted octanol–water partition coefficient (Wildman–Crippen LogP) is 1.42. The molecule has 2 rings (SSSR count). The summed E-state index contributed by atoms with van der Waals surface area (Å²) in [7, 11) is 0. The van der Waals surface area contributed by atoms with Crippen LogP contribution in [0.2, 0.25) is 0 Å². The van der Waals surface area contributed by atoms with Crippen LogP contribution in [0.4, 0.5) is 4.79 Å². The molecule has 2 fully saturated rings. The average Bonchev–Trinajstić information content (AvgIpc) is 2.73. The van der Waals surface area contributed by atoms with Crippen LogP contribution >= 0.6 is 0 Å².